The summed E-state index contributed by atoms with van der Waals surface area (Å²) in [6.45, 7) is 14.9. The molecule has 0 aliphatic carbocycles. The normalized spacial score (nSPS) is 11.5. The number of anilines is 1. The van der Waals surface area contributed by atoms with Gasteiger partial charge in [0.05, 0.1) is 0 Å². The highest BCUT2D eigenvalue weighted by molar-refractivity contribution is 5.83. The van der Waals surface area contributed by atoms with Crippen LogP contribution in [0.1, 0.15) is 70.6 Å². The SMILES string of the molecule is C=C(C)Nc1ncc(-c2ccc(CCC)cc2)c(CC)c1/C(=C/CC)CC. The molecule has 0 bridgehead atoms. The number of pyridine rings is 1. The van der Waals surface area contributed by atoms with Gasteiger partial charge in [-0.1, -0.05) is 71.0 Å². The monoisotopic (exact) mass is 362 g/mol. The van der Waals surface area contributed by atoms with Gasteiger partial charge in [-0.2, -0.15) is 0 Å². The molecular weight excluding hydrogens is 328 g/mol. The second-order valence-corrected chi connectivity index (χ2v) is 7.07. The third-order valence-corrected chi connectivity index (χ3v) is 4.83. The Bertz CT molecular complexity index is 798. The number of hydrogen-bond donors (Lipinski definition) is 1. The fourth-order valence-corrected chi connectivity index (χ4v) is 3.62. The number of nitrogens with zero attached hydrogens (tertiary/aromatic N) is 1. The summed E-state index contributed by atoms with van der Waals surface area (Å²) in [5, 5.41) is 3.38. The van der Waals surface area contributed by atoms with Gasteiger partial charge in [0, 0.05) is 23.0 Å². The number of aromatic nitrogens is 1. The first-order chi connectivity index (χ1) is 13.0. The van der Waals surface area contributed by atoms with Crippen molar-refractivity contribution < 1.29 is 0 Å². The molecule has 0 fully saturated rings. The van der Waals surface area contributed by atoms with Gasteiger partial charge in [0.2, 0.25) is 0 Å². The standard InChI is InChI=1S/C25H34N2/c1-7-11-19-13-15-21(16-14-19)23-17-26-25(27-18(5)6)24(22(23)10-4)20(9-3)12-8-2/h12-17H,5,7-11H2,1-4,6H3,(H,26,27)/b20-12+. The lowest BCUT2D eigenvalue weighted by molar-refractivity contribution is 0.922. The zero-order valence-electron chi connectivity index (χ0n) is 17.7. The zero-order chi connectivity index (χ0) is 19.8. The van der Waals surface area contributed by atoms with Crippen molar-refractivity contribution in [3.05, 3.63) is 65.5 Å². The highest BCUT2D eigenvalue weighted by atomic mass is 15.0. The summed E-state index contributed by atoms with van der Waals surface area (Å²) >= 11 is 0. The Labute approximate surface area is 165 Å². The Morgan fingerprint density at radius 2 is 1.81 bits per heavy atom. The summed E-state index contributed by atoms with van der Waals surface area (Å²) in [7, 11) is 0. The van der Waals surface area contributed by atoms with Crippen LogP contribution in [-0.2, 0) is 12.8 Å². The van der Waals surface area contributed by atoms with Crippen LogP contribution in [0.25, 0.3) is 16.7 Å². The van der Waals surface area contributed by atoms with E-state index in [-0.39, 0.29) is 0 Å². The van der Waals surface area contributed by atoms with Crippen molar-refractivity contribution in [3.63, 3.8) is 0 Å². The Balaban J connectivity index is 2.65. The molecule has 1 N–H and O–H groups in total. The van der Waals surface area contributed by atoms with Gasteiger partial charge in [-0.05, 0) is 54.9 Å². The van der Waals surface area contributed by atoms with Crippen LogP contribution in [0.4, 0.5) is 5.82 Å². The number of nitrogens with one attached hydrogen (secondary N) is 1. The van der Waals surface area contributed by atoms with E-state index in [0.717, 1.165) is 37.2 Å². The molecule has 2 heteroatoms. The maximum absolute atomic E-state index is 4.80. The van der Waals surface area contributed by atoms with Gasteiger partial charge in [0.25, 0.3) is 0 Å². The highest BCUT2D eigenvalue weighted by Crippen LogP contribution is 2.36. The van der Waals surface area contributed by atoms with Crippen LogP contribution in [-0.4, -0.2) is 4.98 Å². The summed E-state index contributed by atoms with van der Waals surface area (Å²) in [5.74, 6) is 0.923. The van der Waals surface area contributed by atoms with Crippen molar-refractivity contribution in [2.75, 3.05) is 5.32 Å². The van der Waals surface area contributed by atoms with Crippen LogP contribution in [0.15, 0.2) is 48.8 Å². The molecule has 2 aromatic rings. The van der Waals surface area contributed by atoms with E-state index in [9.17, 15) is 0 Å². The number of hydrogen-bond acceptors (Lipinski definition) is 2. The van der Waals surface area contributed by atoms with Gasteiger partial charge in [-0.25, -0.2) is 4.98 Å². The van der Waals surface area contributed by atoms with Crippen LogP contribution in [0.3, 0.4) is 0 Å². The molecule has 0 saturated carbocycles. The lowest BCUT2D eigenvalue weighted by Crippen LogP contribution is -2.06. The zero-order valence-corrected chi connectivity index (χ0v) is 17.7. The average molecular weight is 363 g/mol. The first-order valence-electron chi connectivity index (χ1n) is 10.3. The smallest absolute Gasteiger partial charge is 0.137 e. The van der Waals surface area contributed by atoms with E-state index < -0.39 is 0 Å². The molecule has 0 amide bonds. The third kappa shape index (κ3) is 5.09. The molecule has 0 radical (unpaired) electrons. The van der Waals surface area contributed by atoms with Crippen molar-refractivity contribution in [2.24, 2.45) is 0 Å². The number of benzene rings is 1. The molecule has 0 saturated heterocycles. The van der Waals surface area contributed by atoms with Crippen LogP contribution in [0, 0.1) is 0 Å². The van der Waals surface area contributed by atoms with E-state index in [4.69, 9.17) is 4.98 Å². The van der Waals surface area contributed by atoms with E-state index >= 15 is 0 Å². The minimum absolute atomic E-state index is 0.912. The second-order valence-electron chi connectivity index (χ2n) is 7.07. The second kappa shape index (κ2) is 10.1. The Morgan fingerprint density at radius 3 is 2.33 bits per heavy atom. The van der Waals surface area contributed by atoms with E-state index in [1.165, 1.54) is 39.8 Å². The Kier molecular flexibility index (Phi) is 7.84. The first kappa shape index (κ1) is 21.0. The molecule has 1 aromatic carbocycles. The van der Waals surface area contributed by atoms with Crippen molar-refractivity contribution in [1.29, 1.82) is 0 Å². The number of rotatable bonds is 9. The third-order valence-electron chi connectivity index (χ3n) is 4.83. The highest BCUT2D eigenvalue weighted by Gasteiger charge is 2.17. The van der Waals surface area contributed by atoms with Gasteiger partial charge in [-0.15, -0.1) is 0 Å². The van der Waals surface area contributed by atoms with Crippen LogP contribution >= 0.6 is 0 Å². The van der Waals surface area contributed by atoms with Crippen molar-refractivity contribution in [3.8, 4) is 11.1 Å². The molecule has 2 rings (SSSR count). The summed E-state index contributed by atoms with van der Waals surface area (Å²) < 4.78 is 0. The fourth-order valence-electron chi connectivity index (χ4n) is 3.62. The molecular formula is C25H34N2. The molecule has 0 spiro atoms. The lowest BCUT2D eigenvalue weighted by Gasteiger charge is -2.20. The van der Waals surface area contributed by atoms with Crippen LogP contribution in [0.5, 0.6) is 0 Å². The summed E-state index contributed by atoms with van der Waals surface area (Å²) in [4.78, 5) is 4.80. The van der Waals surface area contributed by atoms with Crippen molar-refractivity contribution >= 4 is 11.4 Å². The average Bonchev–Trinajstić information content (AvgIpc) is 2.66. The molecule has 0 unspecified atom stereocenters. The molecule has 144 valence electrons. The fraction of sp³-hybridized carbons (Fsp3) is 0.400. The van der Waals surface area contributed by atoms with Crippen LogP contribution < -0.4 is 5.32 Å². The van der Waals surface area contributed by atoms with Crippen LogP contribution in [0.2, 0.25) is 0 Å². The molecule has 1 aromatic heterocycles. The van der Waals surface area contributed by atoms with Gasteiger partial charge >= 0.3 is 0 Å². The summed E-state index contributed by atoms with van der Waals surface area (Å²) in [6, 6.07) is 8.99. The van der Waals surface area contributed by atoms with Gasteiger partial charge in [0.15, 0.2) is 0 Å². The quantitative estimate of drug-likeness (QED) is 0.502. The maximum atomic E-state index is 4.80. The molecule has 0 aliphatic heterocycles. The predicted molar refractivity (Wildman–Crippen MR) is 120 cm³/mol. The molecule has 2 nitrogen and oxygen atoms in total. The molecule has 27 heavy (non-hydrogen) atoms. The maximum Gasteiger partial charge on any atom is 0.137 e. The van der Waals surface area contributed by atoms with Crippen molar-refractivity contribution in [1.82, 2.24) is 4.98 Å². The lowest BCUT2D eigenvalue weighted by atomic mass is 9.90. The minimum atomic E-state index is 0.912. The van der Waals surface area contributed by atoms with Gasteiger partial charge in [0.1, 0.15) is 5.82 Å². The predicted octanol–water partition coefficient (Wildman–Crippen LogP) is 7.41. The van der Waals surface area contributed by atoms with Crippen molar-refractivity contribution in [2.45, 2.75) is 66.7 Å². The Hall–Kier alpha value is -2.35. The van der Waals surface area contributed by atoms with E-state index in [0.29, 0.717) is 0 Å². The minimum Gasteiger partial charge on any atom is -0.344 e. The molecule has 0 aliphatic rings. The van der Waals surface area contributed by atoms with E-state index in [1.807, 2.05) is 13.1 Å². The summed E-state index contributed by atoms with van der Waals surface area (Å²) in [5.41, 5.74) is 8.75. The summed E-state index contributed by atoms with van der Waals surface area (Å²) in [6.07, 6.45) is 9.63. The van der Waals surface area contributed by atoms with E-state index in [2.05, 4.69) is 69.9 Å². The topological polar surface area (TPSA) is 24.9 Å². The van der Waals surface area contributed by atoms with Gasteiger partial charge in [-0.3, -0.25) is 0 Å². The first-order valence-corrected chi connectivity index (χ1v) is 10.3. The van der Waals surface area contributed by atoms with Gasteiger partial charge < -0.3 is 5.32 Å². The molecule has 1 heterocycles. The Morgan fingerprint density at radius 1 is 1.11 bits per heavy atom. The number of allylic oxidation sites excluding steroid dienone is 3. The largest absolute Gasteiger partial charge is 0.344 e. The van der Waals surface area contributed by atoms with E-state index in [1.54, 1.807) is 0 Å². The number of aryl methyl sites for hydroxylation is 1. The molecule has 0 atom stereocenters.